The van der Waals surface area contributed by atoms with Gasteiger partial charge in [0.15, 0.2) is 0 Å². The van der Waals surface area contributed by atoms with Gasteiger partial charge in [-0.15, -0.1) is 0 Å². The first-order valence-corrected chi connectivity index (χ1v) is 8.89. The Morgan fingerprint density at radius 2 is 1.39 bits per heavy atom. The minimum Gasteiger partial charge on any atom is -0.276 e. The standard InChI is InChI=1S/C18H13FN8O6/c19-13-4-2-1-3-12(13)18(29)25-23-16-14(27(32)33)15(20-9-21-16)22-24-17(28)10-5-7-11(8-6-10)26(30)31/h1-9H,(H,24,28)(H,25,29)(H2,20,21,22,23). The van der Waals surface area contributed by atoms with E-state index in [0.717, 1.165) is 24.5 Å². The molecule has 0 aliphatic heterocycles. The molecule has 3 rings (SSSR count). The second-order valence-electron chi connectivity index (χ2n) is 6.12. The fraction of sp³-hybridized carbons (Fsp3) is 0. The van der Waals surface area contributed by atoms with Crippen LogP contribution in [0.4, 0.5) is 27.4 Å². The number of hydrazine groups is 2. The van der Waals surface area contributed by atoms with E-state index in [1.54, 1.807) is 0 Å². The van der Waals surface area contributed by atoms with Gasteiger partial charge in [-0.05, 0) is 24.3 Å². The van der Waals surface area contributed by atoms with E-state index in [4.69, 9.17) is 0 Å². The highest BCUT2D eigenvalue weighted by molar-refractivity contribution is 5.96. The SMILES string of the molecule is O=C(NNc1ncnc(NNC(=O)c2ccccc2F)c1[N+](=O)[O-])c1ccc([N+](=O)[O-])cc1. The van der Waals surface area contributed by atoms with Gasteiger partial charge in [0.25, 0.3) is 17.5 Å². The third-order valence-electron chi connectivity index (χ3n) is 4.05. The first-order chi connectivity index (χ1) is 15.8. The molecule has 0 saturated heterocycles. The average Bonchev–Trinajstić information content (AvgIpc) is 2.81. The van der Waals surface area contributed by atoms with Crippen LogP contribution in [0.1, 0.15) is 20.7 Å². The first-order valence-electron chi connectivity index (χ1n) is 8.89. The second-order valence-corrected chi connectivity index (χ2v) is 6.12. The highest BCUT2D eigenvalue weighted by atomic mass is 19.1. The summed E-state index contributed by atoms with van der Waals surface area (Å²) in [5, 5.41) is 22.2. The number of nitrogens with one attached hydrogen (secondary N) is 4. The minimum absolute atomic E-state index is 0.0281. The molecule has 0 atom stereocenters. The number of anilines is 2. The van der Waals surface area contributed by atoms with Crippen molar-refractivity contribution in [3.05, 3.63) is 92.0 Å². The van der Waals surface area contributed by atoms with Crippen LogP contribution in [0.2, 0.25) is 0 Å². The summed E-state index contributed by atoms with van der Waals surface area (Å²) in [6.45, 7) is 0. The summed E-state index contributed by atoms with van der Waals surface area (Å²) in [6.07, 6.45) is 0.908. The van der Waals surface area contributed by atoms with E-state index < -0.39 is 44.8 Å². The third-order valence-corrected chi connectivity index (χ3v) is 4.05. The van der Waals surface area contributed by atoms with Crippen molar-refractivity contribution in [2.24, 2.45) is 0 Å². The molecule has 0 bridgehead atoms. The molecular formula is C18H13FN8O6. The van der Waals surface area contributed by atoms with Crippen molar-refractivity contribution >= 4 is 34.8 Å². The Hall–Kier alpha value is -5.21. The number of nitro benzene ring substituents is 1. The molecule has 4 N–H and O–H groups in total. The summed E-state index contributed by atoms with van der Waals surface area (Å²) < 4.78 is 13.7. The van der Waals surface area contributed by atoms with E-state index in [2.05, 4.69) is 31.7 Å². The van der Waals surface area contributed by atoms with Gasteiger partial charge in [0.05, 0.1) is 15.4 Å². The number of aromatic nitrogens is 2. The van der Waals surface area contributed by atoms with Gasteiger partial charge in [0.2, 0.25) is 11.6 Å². The minimum atomic E-state index is -0.915. The molecule has 0 unspecified atom stereocenters. The van der Waals surface area contributed by atoms with E-state index in [0.29, 0.717) is 0 Å². The molecule has 33 heavy (non-hydrogen) atoms. The monoisotopic (exact) mass is 456 g/mol. The van der Waals surface area contributed by atoms with Crippen molar-refractivity contribution in [3.8, 4) is 0 Å². The van der Waals surface area contributed by atoms with Gasteiger partial charge in [-0.1, -0.05) is 12.1 Å². The highest BCUT2D eigenvalue weighted by Gasteiger charge is 2.24. The maximum absolute atomic E-state index is 13.7. The van der Waals surface area contributed by atoms with Crippen molar-refractivity contribution in [2.45, 2.75) is 0 Å². The van der Waals surface area contributed by atoms with Crippen LogP contribution < -0.4 is 21.7 Å². The summed E-state index contributed by atoms with van der Waals surface area (Å²) in [5.74, 6) is -3.37. The molecule has 2 aromatic carbocycles. The molecule has 14 nitrogen and oxygen atoms in total. The zero-order valence-corrected chi connectivity index (χ0v) is 16.3. The molecule has 2 amide bonds. The smallest absolute Gasteiger partial charge is 0.276 e. The van der Waals surface area contributed by atoms with Crippen molar-refractivity contribution in [1.82, 2.24) is 20.8 Å². The molecule has 0 aliphatic rings. The largest absolute Gasteiger partial charge is 0.356 e. The number of hydrogen-bond acceptors (Lipinski definition) is 10. The summed E-state index contributed by atoms with van der Waals surface area (Å²) in [4.78, 5) is 52.4. The van der Waals surface area contributed by atoms with E-state index in [1.165, 1.54) is 30.3 Å². The third kappa shape index (κ3) is 5.29. The Balaban J connectivity index is 1.72. The van der Waals surface area contributed by atoms with E-state index >= 15 is 0 Å². The Labute approximate surface area is 183 Å². The van der Waals surface area contributed by atoms with Crippen LogP contribution in [0.15, 0.2) is 54.9 Å². The highest BCUT2D eigenvalue weighted by Crippen LogP contribution is 2.27. The van der Waals surface area contributed by atoms with Crippen LogP contribution >= 0.6 is 0 Å². The van der Waals surface area contributed by atoms with Crippen molar-refractivity contribution in [2.75, 3.05) is 10.9 Å². The fourth-order valence-corrected chi connectivity index (χ4v) is 2.49. The lowest BCUT2D eigenvalue weighted by molar-refractivity contribution is -0.384. The molecule has 0 radical (unpaired) electrons. The predicted octanol–water partition coefficient (Wildman–Crippen LogP) is 1.95. The van der Waals surface area contributed by atoms with Crippen molar-refractivity contribution in [1.29, 1.82) is 0 Å². The van der Waals surface area contributed by atoms with Crippen LogP contribution in [0, 0.1) is 26.0 Å². The van der Waals surface area contributed by atoms with Crippen molar-refractivity contribution < 1.29 is 23.8 Å². The topological polar surface area (TPSA) is 194 Å². The number of benzene rings is 2. The summed E-state index contributed by atoms with van der Waals surface area (Å²) in [6, 6.07) is 9.70. The molecular weight excluding hydrogens is 443 g/mol. The van der Waals surface area contributed by atoms with Gasteiger partial charge in [0, 0.05) is 17.7 Å². The van der Waals surface area contributed by atoms with Gasteiger partial charge in [-0.2, -0.15) is 0 Å². The summed E-state index contributed by atoms with van der Waals surface area (Å²) in [7, 11) is 0. The second kappa shape index (κ2) is 9.73. The molecule has 0 fully saturated rings. The quantitative estimate of drug-likeness (QED) is 0.287. The first kappa shape index (κ1) is 22.5. The normalized spacial score (nSPS) is 10.1. The Bertz CT molecular complexity index is 1240. The number of non-ortho nitro benzene ring substituents is 1. The zero-order chi connectivity index (χ0) is 24.0. The fourth-order valence-electron chi connectivity index (χ4n) is 2.49. The average molecular weight is 456 g/mol. The Morgan fingerprint density at radius 1 is 0.818 bits per heavy atom. The van der Waals surface area contributed by atoms with E-state index in [1.807, 2.05) is 0 Å². The predicted molar refractivity (Wildman–Crippen MR) is 110 cm³/mol. The number of rotatable bonds is 8. The van der Waals surface area contributed by atoms with Crippen LogP contribution in [0.25, 0.3) is 0 Å². The lowest BCUT2D eigenvalue weighted by atomic mass is 10.2. The number of amides is 2. The van der Waals surface area contributed by atoms with Crippen LogP contribution in [0.5, 0.6) is 0 Å². The molecule has 1 aromatic heterocycles. The van der Waals surface area contributed by atoms with Gasteiger partial charge in [-0.3, -0.25) is 51.5 Å². The number of nitro groups is 2. The molecule has 168 valence electrons. The van der Waals surface area contributed by atoms with E-state index in [-0.39, 0.29) is 16.8 Å². The molecule has 15 heteroatoms. The summed E-state index contributed by atoms with van der Waals surface area (Å²) >= 11 is 0. The molecule has 0 spiro atoms. The van der Waals surface area contributed by atoms with Gasteiger partial charge >= 0.3 is 5.69 Å². The molecule has 0 saturated carbocycles. The van der Waals surface area contributed by atoms with Gasteiger partial charge < -0.3 is 0 Å². The Kier molecular flexibility index (Phi) is 6.63. The maximum atomic E-state index is 13.7. The lowest BCUT2D eigenvalue weighted by Gasteiger charge is -2.11. The maximum Gasteiger partial charge on any atom is 0.356 e. The zero-order valence-electron chi connectivity index (χ0n) is 16.3. The van der Waals surface area contributed by atoms with Crippen molar-refractivity contribution in [3.63, 3.8) is 0 Å². The van der Waals surface area contributed by atoms with Crippen LogP contribution in [-0.4, -0.2) is 31.6 Å². The number of hydrogen-bond donors (Lipinski definition) is 4. The van der Waals surface area contributed by atoms with Gasteiger partial charge in [-0.25, -0.2) is 14.4 Å². The van der Waals surface area contributed by atoms with E-state index in [9.17, 15) is 34.2 Å². The van der Waals surface area contributed by atoms with Gasteiger partial charge in [0.1, 0.15) is 12.1 Å². The van der Waals surface area contributed by atoms with Crippen LogP contribution in [0.3, 0.4) is 0 Å². The molecule has 0 aliphatic carbocycles. The number of carbonyl (C=O) groups is 2. The molecule has 1 heterocycles. The number of halogens is 1. The number of nitrogens with zero attached hydrogens (tertiary/aromatic N) is 4. The molecule has 3 aromatic rings. The summed E-state index contributed by atoms with van der Waals surface area (Å²) in [5.41, 5.74) is 7.49. The van der Waals surface area contributed by atoms with Crippen LogP contribution in [-0.2, 0) is 0 Å². The Morgan fingerprint density at radius 3 is 1.94 bits per heavy atom. The number of carbonyl (C=O) groups excluding carboxylic acids is 2. The lowest BCUT2D eigenvalue weighted by Crippen LogP contribution is -2.32.